The van der Waals surface area contributed by atoms with Crippen LogP contribution in [-0.4, -0.2) is 31.4 Å². The lowest BCUT2D eigenvalue weighted by molar-refractivity contribution is 0.108. The van der Waals surface area contributed by atoms with Gasteiger partial charge in [0.1, 0.15) is 5.16 Å². The first-order chi connectivity index (χ1) is 6.71. The summed E-state index contributed by atoms with van der Waals surface area (Å²) in [6, 6.07) is 0. The van der Waals surface area contributed by atoms with Gasteiger partial charge in [0.25, 0.3) is 0 Å². The van der Waals surface area contributed by atoms with Crippen molar-refractivity contribution in [1.29, 1.82) is 0 Å². The van der Waals surface area contributed by atoms with Crippen LogP contribution in [0.1, 0.15) is 40.0 Å². The molecule has 0 spiro atoms. The Morgan fingerprint density at radius 3 is 2.13 bits per heavy atom. The summed E-state index contributed by atoms with van der Waals surface area (Å²) in [5.74, 6) is 0. The first-order valence-electron chi connectivity index (χ1n) is 5.13. The van der Waals surface area contributed by atoms with Crippen LogP contribution in [0.25, 0.3) is 0 Å². The fourth-order valence-electron chi connectivity index (χ4n) is 1.59. The van der Waals surface area contributed by atoms with Gasteiger partial charge in [-0.05, 0) is 19.8 Å². The fraction of sp³-hybridized carbons (Fsp3) is 1.00. The zero-order valence-electron chi connectivity index (χ0n) is 9.42. The van der Waals surface area contributed by atoms with Gasteiger partial charge in [-0.25, -0.2) is 0 Å². The normalized spacial score (nSPS) is 20.7. The predicted molar refractivity (Wildman–Crippen MR) is 64.4 cm³/mol. The van der Waals surface area contributed by atoms with Gasteiger partial charge in [0, 0.05) is 5.25 Å². The second-order valence-corrected chi connectivity index (χ2v) is 6.67. The predicted octanol–water partition coefficient (Wildman–Crippen LogP) is 1.79. The van der Waals surface area contributed by atoms with E-state index in [4.69, 9.17) is 0 Å². The van der Waals surface area contributed by atoms with Crippen LogP contribution < -0.4 is 0 Å². The highest BCUT2D eigenvalue weighted by atomic mass is 32.1. The second kappa shape index (κ2) is 5.69. The molecule has 92 valence electrons. The van der Waals surface area contributed by atoms with Crippen molar-refractivity contribution in [3.8, 4) is 0 Å². The average molecular weight is 256 g/mol. The molecule has 0 saturated carbocycles. The van der Waals surface area contributed by atoms with Gasteiger partial charge in [0.15, 0.2) is 0 Å². The standard InChI is InChI=1S/C9H21O4PS/c1-4-6-8(15)9(3,7(10)5-2)14(11,12)13/h7-8,10,15H,4-6H2,1-3H3,(H2,11,12,13). The Bertz CT molecular complexity index is 242. The maximum atomic E-state index is 11.5. The van der Waals surface area contributed by atoms with E-state index in [9.17, 15) is 19.5 Å². The molecular formula is C9H21O4PS. The van der Waals surface area contributed by atoms with Crippen molar-refractivity contribution in [3.63, 3.8) is 0 Å². The van der Waals surface area contributed by atoms with E-state index in [-0.39, 0.29) is 0 Å². The molecule has 3 unspecified atom stereocenters. The molecule has 0 bridgehead atoms. The molecule has 6 heteroatoms. The third-order valence-corrected chi connectivity index (χ3v) is 5.79. The Kier molecular flexibility index (Phi) is 5.86. The van der Waals surface area contributed by atoms with E-state index in [0.717, 1.165) is 6.42 Å². The zero-order valence-corrected chi connectivity index (χ0v) is 11.2. The molecule has 0 heterocycles. The summed E-state index contributed by atoms with van der Waals surface area (Å²) in [5.41, 5.74) is 0. The number of aliphatic hydroxyl groups is 1. The third-order valence-electron chi connectivity index (χ3n) is 2.93. The summed E-state index contributed by atoms with van der Waals surface area (Å²) in [4.78, 5) is 18.7. The average Bonchev–Trinajstić information content (AvgIpc) is 2.13. The van der Waals surface area contributed by atoms with Crippen molar-refractivity contribution in [2.45, 2.75) is 56.5 Å². The molecule has 0 aromatic heterocycles. The summed E-state index contributed by atoms with van der Waals surface area (Å²) in [6.45, 7) is 5.03. The second-order valence-electron chi connectivity index (χ2n) is 4.00. The quantitative estimate of drug-likeness (QED) is 0.431. The van der Waals surface area contributed by atoms with Gasteiger partial charge >= 0.3 is 7.60 Å². The maximum Gasteiger partial charge on any atom is 0.335 e. The van der Waals surface area contributed by atoms with Crippen molar-refractivity contribution >= 4 is 20.2 Å². The van der Waals surface area contributed by atoms with Crippen LogP contribution in [0.4, 0.5) is 0 Å². The molecule has 15 heavy (non-hydrogen) atoms. The molecule has 4 nitrogen and oxygen atoms in total. The van der Waals surface area contributed by atoms with Crippen molar-refractivity contribution in [1.82, 2.24) is 0 Å². The minimum absolute atomic E-state index is 0.308. The van der Waals surface area contributed by atoms with Crippen molar-refractivity contribution in [2.24, 2.45) is 0 Å². The smallest absolute Gasteiger partial charge is 0.335 e. The minimum Gasteiger partial charge on any atom is -0.392 e. The molecule has 0 radical (unpaired) electrons. The lowest BCUT2D eigenvalue weighted by atomic mass is 9.94. The highest BCUT2D eigenvalue weighted by Crippen LogP contribution is 2.56. The van der Waals surface area contributed by atoms with Crippen LogP contribution in [0.5, 0.6) is 0 Å². The van der Waals surface area contributed by atoms with E-state index in [1.54, 1.807) is 6.92 Å². The van der Waals surface area contributed by atoms with Gasteiger partial charge in [0.2, 0.25) is 0 Å². The summed E-state index contributed by atoms with van der Waals surface area (Å²) in [6.07, 6.45) is 0.622. The van der Waals surface area contributed by atoms with E-state index >= 15 is 0 Å². The fourth-order valence-corrected chi connectivity index (χ4v) is 3.56. The van der Waals surface area contributed by atoms with E-state index in [0.29, 0.717) is 12.8 Å². The Labute approximate surface area is 96.7 Å². The van der Waals surface area contributed by atoms with Crippen molar-refractivity contribution in [2.75, 3.05) is 0 Å². The molecule has 0 aromatic rings. The van der Waals surface area contributed by atoms with Crippen molar-refractivity contribution in [3.05, 3.63) is 0 Å². The maximum absolute atomic E-state index is 11.5. The molecule has 0 saturated heterocycles. The first-order valence-corrected chi connectivity index (χ1v) is 7.26. The SMILES string of the molecule is CCCC(S)C(C)(C(O)CC)P(=O)(O)O. The highest BCUT2D eigenvalue weighted by molar-refractivity contribution is 7.81. The van der Waals surface area contributed by atoms with Gasteiger partial charge in [-0.3, -0.25) is 4.57 Å². The molecule has 0 aliphatic carbocycles. The number of thiol groups is 1. The summed E-state index contributed by atoms with van der Waals surface area (Å²) >= 11 is 4.23. The van der Waals surface area contributed by atoms with E-state index in [1.165, 1.54) is 6.92 Å². The topological polar surface area (TPSA) is 77.8 Å². The minimum atomic E-state index is -4.37. The van der Waals surface area contributed by atoms with E-state index in [1.807, 2.05) is 6.92 Å². The number of hydrogen-bond donors (Lipinski definition) is 4. The van der Waals surface area contributed by atoms with E-state index < -0.39 is 24.1 Å². The summed E-state index contributed by atoms with van der Waals surface area (Å²) in [7, 11) is -4.37. The molecule has 0 amide bonds. The van der Waals surface area contributed by atoms with Crippen LogP contribution in [0.3, 0.4) is 0 Å². The molecule has 0 fully saturated rings. The van der Waals surface area contributed by atoms with Crippen LogP contribution in [0.2, 0.25) is 0 Å². The van der Waals surface area contributed by atoms with Gasteiger partial charge in [-0.2, -0.15) is 12.6 Å². The first kappa shape index (κ1) is 15.5. The number of aliphatic hydroxyl groups excluding tert-OH is 1. The largest absolute Gasteiger partial charge is 0.392 e. The summed E-state index contributed by atoms with van der Waals surface area (Å²) in [5, 5.41) is 7.81. The molecule has 0 aliphatic rings. The van der Waals surface area contributed by atoms with E-state index in [2.05, 4.69) is 12.6 Å². The van der Waals surface area contributed by atoms with Gasteiger partial charge in [-0.1, -0.05) is 20.3 Å². The van der Waals surface area contributed by atoms with Gasteiger partial charge in [-0.15, -0.1) is 0 Å². The molecule has 0 aliphatic heterocycles. The molecule has 3 N–H and O–H groups in total. The van der Waals surface area contributed by atoms with Gasteiger partial charge < -0.3 is 14.9 Å². The van der Waals surface area contributed by atoms with Crippen LogP contribution >= 0.6 is 20.2 Å². The zero-order chi connectivity index (χ0) is 12.3. The molecule has 0 rings (SSSR count). The monoisotopic (exact) mass is 256 g/mol. The number of rotatable bonds is 6. The highest BCUT2D eigenvalue weighted by Gasteiger charge is 2.51. The van der Waals surface area contributed by atoms with Crippen molar-refractivity contribution < 1.29 is 19.5 Å². The summed E-state index contributed by atoms with van der Waals surface area (Å²) < 4.78 is 11.5. The van der Waals surface area contributed by atoms with Crippen LogP contribution in [0.15, 0.2) is 0 Å². The number of hydrogen-bond acceptors (Lipinski definition) is 3. The Morgan fingerprint density at radius 1 is 1.40 bits per heavy atom. The molecule has 0 aromatic carbocycles. The Balaban J connectivity index is 5.12. The lowest BCUT2D eigenvalue weighted by Crippen LogP contribution is -2.46. The van der Waals surface area contributed by atoms with Gasteiger partial charge in [0.05, 0.1) is 6.10 Å². The lowest BCUT2D eigenvalue weighted by Gasteiger charge is -2.39. The van der Waals surface area contributed by atoms with Crippen LogP contribution in [-0.2, 0) is 4.57 Å². The van der Waals surface area contributed by atoms with Crippen LogP contribution in [0, 0.1) is 0 Å². The Hall–Kier alpha value is 0.460. The Morgan fingerprint density at radius 2 is 1.87 bits per heavy atom. The third kappa shape index (κ3) is 3.21. The molecule has 3 atom stereocenters. The molecular weight excluding hydrogens is 235 g/mol.